The molecule has 2 aromatic rings. The van der Waals surface area contributed by atoms with Crippen LogP contribution in [0.3, 0.4) is 0 Å². The van der Waals surface area contributed by atoms with Crippen molar-refractivity contribution in [1.29, 1.82) is 0 Å². The zero-order valence-corrected chi connectivity index (χ0v) is 14.4. The maximum Gasteiger partial charge on any atom is 0.270 e. The van der Waals surface area contributed by atoms with Crippen molar-refractivity contribution in [3.8, 4) is 0 Å². The van der Waals surface area contributed by atoms with E-state index in [4.69, 9.17) is 12.2 Å². The molecule has 1 amide bonds. The van der Waals surface area contributed by atoms with Crippen molar-refractivity contribution in [1.82, 2.24) is 10.9 Å². The highest BCUT2D eigenvalue weighted by Crippen LogP contribution is 2.22. The predicted octanol–water partition coefficient (Wildman–Crippen LogP) is 3.81. The monoisotopic (exact) mass is 333 g/mol. The summed E-state index contributed by atoms with van der Waals surface area (Å²) in [5, 5.41) is 5.22. The van der Waals surface area contributed by atoms with Gasteiger partial charge in [0.2, 0.25) is 0 Å². The van der Waals surface area contributed by atoms with Crippen LogP contribution in [0.4, 0.5) is 5.69 Å². The van der Waals surface area contributed by atoms with Crippen LogP contribution in [0, 0.1) is 6.92 Å². The van der Waals surface area contributed by atoms with E-state index in [1.807, 2.05) is 42.6 Å². The van der Waals surface area contributed by atoms with Gasteiger partial charge in [0.25, 0.3) is 5.91 Å². The summed E-state index contributed by atoms with van der Waals surface area (Å²) in [7, 11) is 0. The lowest BCUT2D eigenvalue weighted by atomic mass is 10.1. The fraction of sp³-hybridized carbons (Fsp3) is 0.250. The van der Waals surface area contributed by atoms with Gasteiger partial charge < -0.3 is 5.32 Å². The molecule has 0 saturated heterocycles. The molecule has 1 aromatic carbocycles. The van der Waals surface area contributed by atoms with E-state index >= 15 is 0 Å². The van der Waals surface area contributed by atoms with Gasteiger partial charge in [0, 0.05) is 15.9 Å². The molecule has 0 atom stereocenters. The molecule has 0 aliphatic rings. The number of benzene rings is 1. The first-order chi connectivity index (χ1) is 10.5. The van der Waals surface area contributed by atoms with Gasteiger partial charge in [-0.1, -0.05) is 26.0 Å². The summed E-state index contributed by atoms with van der Waals surface area (Å²) in [5.41, 5.74) is 7.97. The van der Waals surface area contributed by atoms with Gasteiger partial charge in [-0.15, -0.1) is 11.3 Å². The third-order valence-corrected chi connectivity index (χ3v) is 4.45. The van der Waals surface area contributed by atoms with Crippen LogP contribution in [-0.4, -0.2) is 11.0 Å². The van der Waals surface area contributed by atoms with Crippen LogP contribution in [0.5, 0.6) is 0 Å². The number of rotatable bonds is 3. The molecular formula is C16H19N3OS2. The first-order valence-electron chi connectivity index (χ1n) is 6.98. The molecule has 0 saturated carbocycles. The molecular weight excluding hydrogens is 314 g/mol. The van der Waals surface area contributed by atoms with E-state index in [9.17, 15) is 4.79 Å². The molecule has 0 radical (unpaired) electrons. The summed E-state index contributed by atoms with van der Waals surface area (Å²) in [6.07, 6.45) is 0. The molecule has 3 N–H and O–H groups in total. The molecule has 22 heavy (non-hydrogen) atoms. The second-order valence-electron chi connectivity index (χ2n) is 5.30. The van der Waals surface area contributed by atoms with E-state index in [0.29, 0.717) is 16.6 Å². The summed E-state index contributed by atoms with van der Waals surface area (Å²) in [6, 6.07) is 9.74. The number of thiocarbonyl (C=S) groups is 1. The van der Waals surface area contributed by atoms with E-state index in [1.54, 1.807) is 11.3 Å². The Morgan fingerprint density at radius 2 is 2.00 bits per heavy atom. The lowest BCUT2D eigenvalue weighted by Gasteiger charge is -2.11. The third kappa shape index (κ3) is 4.54. The van der Waals surface area contributed by atoms with Gasteiger partial charge in [0.05, 0.1) is 5.56 Å². The van der Waals surface area contributed by atoms with Crippen molar-refractivity contribution in [2.45, 2.75) is 26.7 Å². The normalized spacial score (nSPS) is 10.4. The SMILES string of the molecule is Cc1cccc(NC(=S)NNC(=O)c2csc(C(C)C)c2)c1. The Balaban J connectivity index is 1.86. The van der Waals surface area contributed by atoms with Gasteiger partial charge in [-0.05, 0) is 48.8 Å². The zero-order chi connectivity index (χ0) is 16.1. The number of carbonyl (C=O) groups excluding carboxylic acids is 1. The second-order valence-corrected chi connectivity index (χ2v) is 6.65. The van der Waals surface area contributed by atoms with Gasteiger partial charge in [-0.25, -0.2) is 0 Å². The smallest absolute Gasteiger partial charge is 0.270 e. The molecule has 1 aromatic heterocycles. The highest BCUT2D eigenvalue weighted by molar-refractivity contribution is 7.80. The van der Waals surface area contributed by atoms with Crippen molar-refractivity contribution in [2.24, 2.45) is 0 Å². The molecule has 2 rings (SSSR count). The first-order valence-corrected chi connectivity index (χ1v) is 8.27. The number of anilines is 1. The third-order valence-electron chi connectivity index (χ3n) is 3.02. The van der Waals surface area contributed by atoms with E-state index in [1.165, 1.54) is 4.88 Å². The van der Waals surface area contributed by atoms with Crippen LogP contribution >= 0.6 is 23.6 Å². The van der Waals surface area contributed by atoms with Gasteiger partial charge in [0.1, 0.15) is 0 Å². The number of aryl methyl sites for hydroxylation is 1. The van der Waals surface area contributed by atoms with Crippen LogP contribution in [0.25, 0.3) is 0 Å². The lowest BCUT2D eigenvalue weighted by molar-refractivity contribution is 0.0944. The van der Waals surface area contributed by atoms with E-state index < -0.39 is 0 Å². The molecule has 0 spiro atoms. The Labute approximate surface area is 139 Å². The Morgan fingerprint density at radius 3 is 2.64 bits per heavy atom. The topological polar surface area (TPSA) is 53.2 Å². The lowest BCUT2D eigenvalue weighted by Crippen LogP contribution is -2.43. The Morgan fingerprint density at radius 1 is 1.23 bits per heavy atom. The molecule has 1 heterocycles. The highest BCUT2D eigenvalue weighted by Gasteiger charge is 2.10. The van der Waals surface area contributed by atoms with Crippen LogP contribution in [0.2, 0.25) is 0 Å². The minimum Gasteiger partial charge on any atom is -0.331 e. The number of hydrogen-bond donors (Lipinski definition) is 3. The van der Waals surface area contributed by atoms with Crippen LogP contribution in [0.1, 0.15) is 40.6 Å². The summed E-state index contributed by atoms with van der Waals surface area (Å²) < 4.78 is 0. The average Bonchev–Trinajstić information content (AvgIpc) is 2.95. The minimum absolute atomic E-state index is 0.198. The molecule has 0 aliphatic heterocycles. The second kappa shape index (κ2) is 7.38. The molecule has 0 bridgehead atoms. The molecule has 116 valence electrons. The minimum atomic E-state index is -0.198. The molecule has 6 heteroatoms. The Kier molecular flexibility index (Phi) is 5.51. The van der Waals surface area contributed by atoms with Crippen LogP contribution < -0.4 is 16.2 Å². The number of nitrogens with one attached hydrogen (secondary N) is 3. The molecule has 0 fully saturated rings. The summed E-state index contributed by atoms with van der Waals surface area (Å²) in [5.74, 6) is 0.222. The van der Waals surface area contributed by atoms with Crippen molar-refractivity contribution in [2.75, 3.05) is 5.32 Å². The fourth-order valence-corrected chi connectivity index (χ4v) is 2.92. The van der Waals surface area contributed by atoms with E-state index in [2.05, 4.69) is 30.0 Å². The number of hydrogen-bond acceptors (Lipinski definition) is 3. The zero-order valence-electron chi connectivity index (χ0n) is 12.8. The predicted molar refractivity (Wildman–Crippen MR) is 96.4 cm³/mol. The van der Waals surface area contributed by atoms with Gasteiger partial charge in [-0.3, -0.25) is 15.6 Å². The summed E-state index contributed by atoms with van der Waals surface area (Å²) in [6.45, 7) is 6.21. The van der Waals surface area contributed by atoms with E-state index in [-0.39, 0.29) is 5.91 Å². The maximum absolute atomic E-state index is 12.0. The number of carbonyl (C=O) groups is 1. The number of thiophene rings is 1. The van der Waals surface area contributed by atoms with Crippen molar-refractivity contribution < 1.29 is 4.79 Å². The Hall–Kier alpha value is -1.92. The fourth-order valence-electron chi connectivity index (χ4n) is 1.85. The van der Waals surface area contributed by atoms with Gasteiger partial charge in [-0.2, -0.15) is 0 Å². The average molecular weight is 333 g/mol. The highest BCUT2D eigenvalue weighted by atomic mass is 32.1. The van der Waals surface area contributed by atoms with Crippen LogP contribution in [-0.2, 0) is 0 Å². The van der Waals surface area contributed by atoms with Crippen LogP contribution in [0.15, 0.2) is 35.7 Å². The standard InChI is InChI=1S/C16H19N3OS2/c1-10(2)14-8-12(9-22-14)15(20)18-19-16(21)17-13-6-4-5-11(3)7-13/h4-10H,1-3H3,(H,18,20)(H2,17,19,21). The number of hydrazine groups is 1. The van der Waals surface area contributed by atoms with Crippen molar-refractivity contribution in [3.05, 3.63) is 51.7 Å². The summed E-state index contributed by atoms with van der Waals surface area (Å²) >= 11 is 6.75. The molecule has 4 nitrogen and oxygen atoms in total. The Bertz CT molecular complexity index is 680. The quantitative estimate of drug-likeness (QED) is 0.590. The van der Waals surface area contributed by atoms with Crippen molar-refractivity contribution >= 4 is 40.3 Å². The number of amides is 1. The van der Waals surface area contributed by atoms with Gasteiger partial charge in [0.15, 0.2) is 5.11 Å². The maximum atomic E-state index is 12.0. The van der Waals surface area contributed by atoms with Crippen molar-refractivity contribution in [3.63, 3.8) is 0 Å². The van der Waals surface area contributed by atoms with E-state index in [0.717, 1.165) is 11.3 Å². The largest absolute Gasteiger partial charge is 0.331 e. The first kappa shape index (κ1) is 16.5. The molecule has 0 unspecified atom stereocenters. The van der Waals surface area contributed by atoms with Gasteiger partial charge >= 0.3 is 0 Å². The summed E-state index contributed by atoms with van der Waals surface area (Å²) in [4.78, 5) is 13.2. The molecule has 0 aliphatic carbocycles.